The van der Waals surface area contributed by atoms with Crippen molar-refractivity contribution in [3.05, 3.63) is 47.2 Å². The molecule has 1 aliphatic rings. The van der Waals surface area contributed by atoms with Gasteiger partial charge in [-0.2, -0.15) is 0 Å². The summed E-state index contributed by atoms with van der Waals surface area (Å²) in [5.74, 6) is 0.148. The first kappa shape index (κ1) is 13.9. The van der Waals surface area contributed by atoms with Gasteiger partial charge in [0.15, 0.2) is 0 Å². The minimum Gasteiger partial charge on any atom is -0.361 e. The van der Waals surface area contributed by atoms with E-state index in [0.717, 1.165) is 16.7 Å². The van der Waals surface area contributed by atoms with Crippen LogP contribution in [0.3, 0.4) is 0 Å². The molecule has 2 heterocycles. The first-order valence-corrected chi connectivity index (χ1v) is 7.39. The Hall–Kier alpha value is -2.03. The standard InChI is InChI=1S/C18H22N2O/c1-11-12(2)17(21)20(18(3,4)5)16(11)14-10-19-15-9-7-6-8-13(14)15/h6-10,16,19H,1-5H3/t16-/m0/s1. The SMILES string of the molecule is CC1=C(C)[C@@H](c2c[nH]c3ccccc23)N(C(C)(C)C)C1=O. The number of para-hydroxylation sites is 1. The molecule has 0 aliphatic carbocycles. The summed E-state index contributed by atoms with van der Waals surface area (Å²) in [4.78, 5) is 18.0. The summed E-state index contributed by atoms with van der Waals surface area (Å²) < 4.78 is 0. The van der Waals surface area contributed by atoms with Crippen LogP contribution in [-0.2, 0) is 4.79 Å². The van der Waals surface area contributed by atoms with Gasteiger partial charge in [-0.1, -0.05) is 18.2 Å². The van der Waals surface area contributed by atoms with Gasteiger partial charge in [-0.25, -0.2) is 0 Å². The first-order chi connectivity index (χ1) is 9.82. The number of hydrogen-bond acceptors (Lipinski definition) is 1. The summed E-state index contributed by atoms with van der Waals surface area (Å²) in [6.07, 6.45) is 2.05. The van der Waals surface area contributed by atoms with Gasteiger partial charge in [0.05, 0.1) is 6.04 Å². The van der Waals surface area contributed by atoms with E-state index in [1.165, 1.54) is 10.9 Å². The Labute approximate surface area is 125 Å². The number of nitrogens with one attached hydrogen (secondary N) is 1. The summed E-state index contributed by atoms with van der Waals surface area (Å²) >= 11 is 0. The molecule has 1 aromatic heterocycles. The summed E-state index contributed by atoms with van der Waals surface area (Å²) in [6.45, 7) is 10.3. The molecule has 0 fully saturated rings. The zero-order valence-corrected chi connectivity index (χ0v) is 13.3. The second kappa shape index (κ2) is 4.48. The lowest BCUT2D eigenvalue weighted by molar-refractivity contribution is -0.131. The van der Waals surface area contributed by atoms with Crippen molar-refractivity contribution in [3.63, 3.8) is 0 Å². The Morgan fingerprint density at radius 2 is 1.81 bits per heavy atom. The second-order valence-corrected chi connectivity index (χ2v) is 6.85. The number of fused-ring (bicyclic) bond motifs is 1. The van der Waals surface area contributed by atoms with Crippen LogP contribution in [0.5, 0.6) is 0 Å². The maximum atomic E-state index is 12.7. The third kappa shape index (κ3) is 1.99. The predicted octanol–water partition coefficient (Wildman–Crippen LogP) is 4.19. The van der Waals surface area contributed by atoms with Gasteiger partial charge < -0.3 is 9.88 Å². The molecule has 1 N–H and O–H groups in total. The average Bonchev–Trinajstić information content (AvgIpc) is 2.93. The number of carbonyl (C=O) groups excluding carboxylic acids is 1. The van der Waals surface area contributed by atoms with Crippen molar-refractivity contribution in [2.45, 2.75) is 46.2 Å². The molecule has 2 aromatic rings. The Morgan fingerprint density at radius 1 is 1.14 bits per heavy atom. The Bertz CT molecular complexity index is 746. The highest BCUT2D eigenvalue weighted by Gasteiger charge is 2.42. The molecule has 3 heteroatoms. The van der Waals surface area contributed by atoms with Crippen LogP contribution in [0.25, 0.3) is 10.9 Å². The number of aromatic nitrogens is 1. The third-order valence-electron chi connectivity index (χ3n) is 4.44. The summed E-state index contributed by atoms with van der Waals surface area (Å²) in [5, 5.41) is 1.19. The molecule has 21 heavy (non-hydrogen) atoms. The number of nitrogens with zero attached hydrogens (tertiary/aromatic N) is 1. The van der Waals surface area contributed by atoms with Crippen molar-refractivity contribution in [1.82, 2.24) is 9.88 Å². The maximum Gasteiger partial charge on any atom is 0.250 e. The molecule has 3 nitrogen and oxygen atoms in total. The van der Waals surface area contributed by atoms with Gasteiger partial charge in [0.2, 0.25) is 0 Å². The molecular formula is C18H22N2O. The number of H-pyrrole nitrogens is 1. The molecule has 3 rings (SSSR count). The van der Waals surface area contributed by atoms with Crippen LogP contribution < -0.4 is 0 Å². The number of rotatable bonds is 1. The van der Waals surface area contributed by atoms with Gasteiger partial charge in [-0.3, -0.25) is 4.79 Å². The van der Waals surface area contributed by atoms with E-state index in [1.807, 2.05) is 30.2 Å². The van der Waals surface area contributed by atoms with Crippen molar-refractivity contribution < 1.29 is 4.79 Å². The van der Waals surface area contributed by atoms with E-state index in [-0.39, 0.29) is 17.5 Å². The molecular weight excluding hydrogens is 260 g/mol. The normalized spacial score (nSPS) is 20.0. The molecule has 1 aromatic carbocycles. The van der Waals surface area contributed by atoms with E-state index < -0.39 is 0 Å². The number of carbonyl (C=O) groups is 1. The lowest BCUT2D eigenvalue weighted by Gasteiger charge is -2.38. The molecule has 0 spiro atoms. The van der Waals surface area contributed by atoms with E-state index in [2.05, 4.69) is 44.8 Å². The van der Waals surface area contributed by atoms with E-state index >= 15 is 0 Å². The monoisotopic (exact) mass is 282 g/mol. The molecule has 0 saturated carbocycles. The zero-order chi connectivity index (χ0) is 15.4. The van der Waals surface area contributed by atoms with E-state index in [1.54, 1.807) is 0 Å². The van der Waals surface area contributed by atoms with Gasteiger partial charge in [0.1, 0.15) is 0 Å². The van der Waals surface area contributed by atoms with Gasteiger partial charge >= 0.3 is 0 Å². The summed E-state index contributed by atoms with van der Waals surface area (Å²) in [7, 11) is 0. The highest BCUT2D eigenvalue weighted by molar-refractivity contribution is 5.98. The van der Waals surface area contributed by atoms with Crippen LogP contribution in [0.4, 0.5) is 0 Å². The van der Waals surface area contributed by atoms with Crippen LogP contribution >= 0.6 is 0 Å². The first-order valence-electron chi connectivity index (χ1n) is 7.39. The molecule has 1 aliphatic heterocycles. The smallest absolute Gasteiger partial charge is 0.250 e. The highest BCUT2D eigenvalue weighted by atomic mass is 16.2. The van der Waals surface area contributed by atoms with Crippen LogP contribution in [-0.4, -0.2) is 21.3 Å². The van der Waals surface area contributed by atoms with Crippen molar-refractivity contribution in [2.75, 3.05) is 0 Å². The summed E-state index contributed by atoms with van der Waals surface area (Å²) in [6, 6.07) is 8.28. The topological polar surface area (TPSA) is 36.1 Å². The fraction of sp³-hybridized carbons (Fsp3) is 0.389. The summed E-state index contributed by atoms with van der Waals surface area (Å²) in [5.41, 5.74) is 4.12. The fourth-order valence-electron chi connectivity index (χ4n) is 3.25. The molecule has 0 saturated heterocycles. The number of aromatic amines is 1. The lowest BCUT2D eigenvalue weighted by atomic mass is 9.95. The van der Waals surface area contributed by atoms with Gasteiger partial charge in [0.25, 0.3) is 5.91 Å². The van der Waals surface area contributed by atoms with Crippen LogP contribution in [0.1, 0.15) is 46.2 Å². The molecule has 0 bridgehead atoms. The minimum absolute atomic E-state index is 0.0219. The lowest BCUT2D eigenvalue weighted by Crippen LogP contribution is -2.44. The molecule has 110 valence electrons. The largest absolute Gasteiger partial charge is 0.361 e. The Kier molecular flexibility index (Phi) is 2.97. The van der Waals surface area contributed by atoms with E-state index in [0.29, 0.717) is 0 Å². The van der Waals surface area contributed by atoms with Crippen LogP contribution in [0.2, 0.25) is 0 Å². The zero-order valence-electron chi connectivity index (χ0n) is 13.3. The fourth-order valence-corrected chi connectivity index (χ4v) is 3.25. The van der Waals surface area contributed by atoms with Crippen molar-refractivity contribution in [3.8, 4) is 0 Å². The van der Waals surface area contributed by atoms with E-state index in [4.69, 9.17) is 0 Å². The molecule has 0 radical (unpaired) electrons. The van der Waals surface area contributed by atoms with Gasteiger partial charge in [-0.15, -0.1) is 0 Å². The van der Waals surface area contributed by atoms with Crippen molar-refractivity contribution >= 4 is 16.8 Å². The van der Waals surface area contributed by atoms with Gasteiger partial charge in [-0.05, 0) is 46.3 Å². The number of amides is 1. The Balaban J connectivity index is 2.21. The van der Waals surface area contributed by atoms with Crippen LogP contribution in [0, 0.1) is 0 Å². The average molecular weight is 282 g/mol. The second-order valence-electron chi connectivity index (χ2n) is 6.85. The molecule has 0 unspecified atom stereocenters. The Morgan fingerprint density at radius 3 is 2.48 bits per heavy atom. The maximum absolute atomic E-state index is 12.7. The number of benzene rings is 1. The quantitative estimate of drug-likeness (QED) is 0.836. The van der Waals surface area contributed by atoms with Crippen LogP contribution in [0.15, 0.2) is 41.6 Å². The van der Waals surface area contributed by atoms with Gasteiger partial charge in [0, 0.05) is 33.8 Å². The third-order valence-corrected chi connectivity index (χ3v) is 4.44. The number of hydrogen-bond donors (Lipinski definition) is 1. The molecule has 1 atom stereocenters. The molecule has 1 amide bonds. The van der Waals surface area contributed by atoms with E-state index in [9.17, 15) is 4.79 Å². The van der Waals surface area contributed by atoms with Crippen molar-refractivity contribution in [2.24, 2.45) is 0 Å². The van der Waals surface area contributed by atoms with Crippen molar-refractivity contribution in [1.29, 1.82) is 0 Å². The minimum atomic E-state index is -0.209. The predicted molar refractivity (Wildman–Crippen MR) is 86.0 cm³/mol. The highest BCUT2D eigenvalue weighted by Crippen LogP contribution is 2.43.